The highest BCUT2D eigenvalue weighted by atomic mass is 79.9. The number of carbonyl (C=O) groups excluding carboxylic acids is 1. The van der Waals surface area contributed by atoms with E-state index < -0.39 is 0 Å². The lowest BCUT2D eigenvalue weighted by Crippen LogP contribution is -2.32. The van der Waals surface area contributed by atoms with Gasteiger partial charge < -0.3 is 16.4 Å². The van der Waals surface area contributed by atoms with Crippen LogP contribution in [0.2, 0.25) is 0 Å². The molecule has 4 nitrogen and oxygen atoms in total. The number of halogens is 1. The van der Waals surface area contributed by atoms with Crippen LogP contribution in [0.1, 0.15) is 13.8 Å². The van der Waals surface area contributed by atoms with Crippen molar-refractivity contribution in [1.29, 1.82) is 0 Å². The quantitative estimate of drug-likeness (QED) is 0.730. The average molecular weight is 300 g/mol. The molecular formula is C12H18BrN3O. The first kappa shape index (κ1) is 13.8. The topological polar surface area (TPSA) is 67.2 Å². The molecule has 0 saturated heterocycles. The fraction of sp³-hybridized carbons (Fsp3) is 0.417. The fourth-order valence-corrected chi connectivity index (χ4v) is 1.60. The van der Waals surface area contributed by atoms with E-state index in [1.165, 1.54) is 0 Å². The molecule has 1 aromatic rings. The first-order valence-corrected chi connectivity index (χ1v) is 6.34. The molecule has 1 rings (SSSR count). The zero-order valence-corrected chi connectivity index (χ0v) is 11.7. The number of amides is 1. The molecule has 0 aliphatic carbocycles. The van der Waals surface area contributed by atoms with E-state index in [1.54, 1.807) is 6.07 Å². The third-order valence-electron chi connectivity index (χ3n) is 2.16. The molecule has 0 unspecified atom stereocenters. The Kier molecular flexibility index (Phi) is 5.28. The van der Waals surface area contributed by atoms with Crippen LogP contribution < -0.4 is 16.4 Å². The van der Waals surface area contributed by atoms with Crippen molar-refractivity contribution in [3.05, 3.63) is 22.7 Å². The monoisotopic (exact) mass is 299 g/mol. The third-order valence-corrected chi connectivity index (χ3v) is 2.66. The summed E-state index contributed by atoms with van der Waals surface area (Å²) in [5.74, 6) is 0.424. The zero-order valence-electron chi connectivity index (χ0n) is 10.1. The predicted octanol–water partition coefficient (Wildman–Crippen LogP) is 2.22. The van der Waals surface area contributed by atoms with Gasteiger partial charge in [-0.05, 0) is 24.1 Å². The summed E-state index contributed by atoms with van der Waals surface area (Å²) in [6.45, 7) is 5.03. The van der Waals surface area contributed by atoms with Gasteiger partial charge in [-0.25, -0.2) is 0 Å². The van der Waals surface area contributed by atoms with Gasteiger partial charge in [0.2, 0.25) is 5.91 Å². The molecular weight excluding hydrogens is 282 g/mol. The minimum absolute atomic E-state index is 0.0296. The number of nitrogens with one attached hydrogen (secondary N) is 2. The van der Waals surface area contributed by atoms with Crippen molar-refractivity contribution >= 4 is 33.2 Å². The van der Waals surface area contributed by atoms with E-state index in [1.807, 2.05) is 12.1 Å². The molecule has 0 bridgehead atoms. The Morgan fingerprint density at radius 1 is 1.47 bits per heavy atom. The maximum Gasteiger partial charge on any atom is 0.239 e. The van der Waals surface area contributed by atoms with E-state index in [-0.39, 0.29) is 12.5 Å². The summed E-state index contributed by atoms with van der Waals surface area (Å²) in [5, 5.41) is 5.84. The van der Waals surface area contributed by atoms with Crippen molar-refractivity contribution in [2.24, 2.45) is 5.92 Å². The number of nitrogens with two attached hydrogens (primary N) is 1. The van der Waals surface area contributed by atoms with Gasteiger partial charge in [0.05, 0.1) is 17.9 Å². The van der Waals surface area contributed by atoms with Crippen molar-refractivity contribution in [1.82, 2.24) is 5.32 Å². The van der Waals surface area contributed by atoms with Crippen LogP contribution in [0.5, 0.6) is 0 Å². The summed E-state index contributed by atoms with van der Waals surface area (Å²) in [4.78, 5) is 11.5. The molecule has 0 spiro atoms. The maximum absolute atomic E-state index is 11.5. The predicted molar refractivity (Wildman–Crippen MR) is 74.9 cm³/mol. The molecule has 0 fully saturated rings. The van der Waals surface area contributed by atoms with Crippen LogP contribution in [0.15, 0.2) is 22.7 Å². The standard InChI is InChI=1S/C12H18BrN3O/c1-8(2)6-16-12(17)7-15-11-5-9(13)3-4-10(11)14/h3-5,8,15H,6-7,14H2,1-2H3,(H,16,17). The largest absolute Gasteiger partial charge is 0.397 e. The zero-order chi connectivity index (χ0) is 12.8. The molecule has 4 N–H and O–H groups in total. The van der Waals surface area contributed by atoms with E-state index in [9.17, 15) is 4.79 Å². The van der Waals surface area contributed by atoms with Crippen LogP contribution in [0.4, 0.5) is 11.4 Å². The van der Waals surface area contributed by atoms with Crippen LogP contribution in [0, 0.1) is 5.92 Å². The maximum atomic E-state index is 11.5. The number of nitrogen functional groups attached to an aromatic ring is 1. The summed E-state index contributed by atoms with van der Waals surface area (Å²) in [6.07, 6.45) is 0. The molecule has 0 aliphatic rings. The molecule has 5 heteroatoms. The Balaban J connectivity index is 2.44. The Morgan fingerprint density at radius 3 is 2.82 bits per heavy atom. The Morgan fingerprint density at radius 2 is 2.18 bits per heavy atom. The Bertz CT molecular complexity index is 393. The van der Waals surface area contributed by atoms with E-state index in [2.05, 4.69) is 40.4 Å². The average Bonchev–Trinajstić information content (AvgIpc) is 2.27. The SMILES string of the molecule is CC(C)CNC(=O)CNc1cc(Br)ccc1N. The Labute approximate surface area is 110 Å². The summed E-state index contributed by atoms with van der Waals surface area (Å²) in [7, 11) is 0. The number of rotatable bonds is 5. The van der Waals surface area contributed by atoms with Crippen molar-refractivity contribution in [3.63, 3.8) is 0 Å². The summed E-state index contributed by atoms with van der Waals surface area (Å²) >= 11 is 3.36. The van der Waals surface area contributed by atoms with Gasteiger partial charge in [0, 0.05) is 11.0 Å². The Hall–Kier alpha value is -1.23. The third kappa shape index (κ3) is 5.08. The van der Waals surface area contributed by atoms with Crippen LogP contribution in [0.25, 0.3) is 0 Å². The van der Waals surface area contributed by atoms with Gasteiger partial charge in [-0.15, -0.1) is 0 Å². The van der Waals surface area contributed by atoms with Crippen molar-refractivity contribution in [2.75, 3.05) is 24.1 Å². The van der Waals surface area contributed by atoms with Crippen molar-refractivity contribution in [2.45, 2.75) is 13.8 Å². The van der Waals surface area contributed by atoms with Gasteiger partial charge in [-0.3, -0.25) is 4.79 Å². The van der Waals surface area contributed by atoms with Gasteiger partial charge in [0.25, 0.3) is 0 Å². The fourth-order valence-electron chi connectivity index (χ4n) is 1.24. The molecule has 0 aliphatic heterocycles. The number of benzene rings is 1. The van der Waals surface area contributed by atoms with Gasteiger partial charge >= 0.3 is 0 Å². The van der Waals surface area contributed by atoms with Crippen LogP contribution in [-0.2, 0) is 4.79 Å². The molecule has 1 aromatic carbocycles. The minimum atomic E-state index is -0.0296. The van der Waals surface area contributed by atoms with Crippen LogP contribution in [0.3, 0.4) is 0 Å². The number of anilines is 2. The summed E-state index contributed by atoms with van der Waals surface area (Å²) < 4.78 is 0.928. The lowest BCUT2D eigenvalue weighted by Gasteiger charge is -2.11. The van der Waals surface area contributed by atoms with Crippen LogP contribution >= 0.6 is 15.9 Å². The van der Waals surface area contributed by atoms with E-state index in [0.29, 0.717) is 18.2 Å². The number of hydrogen-bond donors (Lipinski definition) is 3. The van der Waals surface area contributed by atoms with E-state index in [0.717, 1.165) is 10.2 Å². The molecule has 94 valence electrons. The van der Waals surface area contributed by atoms with Gasteiger partial charge in [0.1, 0.15) is 0 Å². The number of hydrogen-bond acceptors (Lipinski definition) is 3. The van der Waals surface area contributed by atoms with Crippen molar-refractivity contribution < 1.29 is 4.79 Å². The van der Waals surface area contributed by atoms with E-state index >= 15 is 0 Å². The first-order chi connectivity index (χ1) is 7.99. The normalized spacial score (nSPS) is 10.4. The van der Waals surface area contributed by atoms with Crippen molar-refractivity contribution in [3.8, 4) is 0 Å². The van der Waals surface area contributed by atoms with E-state index in [4.69, 9.17) is 5.73 Å². The van der Waals surface area contributed by atoms with Gasteiger partial charge in [0.15, 0.2) is 0 Å². The van der Waals surface area contributed by atoms with Gasteiger partial charge in [-0.2, -0.15) is 0 Å². The molecule has 0 saturated carbocycles. The number of carbonyl (C=O) groups is 1. The second-order valence-corrected chi connectivity index (χ2v) is 5.20. The molecule has 0 radical (unpaired) electrons. The minimum Gasteiger partial charge on any atom is -0.397 e. The second kappa shape index (κ2) is 6.49. The lowest BCUT2D eigenvalue weighted by molar-refractivity contribution is -0.119. The molecule has 1 amide bonds. The molecule has 17 heavy (non-hydrogen) atoms. The smallest absolute Gasteiger partial charge is 0.239 e. The lowest BCUT2D eigenvalue weighted by atomic mass is 10.2. The summed E-state index contributed by atoms with van der Waals surface area (Å²) in [5.41, 5.74) is 7.18. The highest BCUT2D eigenvalue weighted by Crippen LogP contribution is 2.22. The molecule has 0 heterocycles. The highest BCUT2D eigenvalue weighted by molar-refractivity contribution is 9.10. The second-order valence-electron chi connectivity index (χ2n) is 4.28. The summed E-state index contributed by atoms with van der Waals surface area (Å²) in [6, 6.07) is 5.50. The molecule has 0 atom stereocenters. The van der Waals surface area contributed by atoms with Gasteiger partial charge in [-0.1, -0.05) is 29.8 Å². The molecule has 0 aromatic heterocycles. The van der Waals surface area contributed by atoms with Crippen LogP contribution in [-0.4, -0.2) is 19.0 Å². The first-order valence-electron chi connectivity index (χ1n) is 5.54. The highest BCUT2D eigenvalue weighted by Gasteiger charge is 2.04.